The second-order valence-corrected chi connectivity index (χ2v) is 7.76. The number of benzene rings is 1. The number of amides is 1. The Morgan fingerprint density at radius 3 is 2.81 bits per heavy atom. The molecule has 3 rings (SSSR count). The number of aromatic nitrogens is 1. The number of nitrogens with zero attached hydrogens (tertiary/aromatic N) is 1. The maximum Gasteiger partial charge on any atom is 0.232 e. The lowest BCUT2D eigenvalue weighted by Gasteiger charge is -2.04. The lowest BCUT2D eigenvalue weighted by atomic mass is 10.0. The van der Waals surface area contributed by atoms with Gasteiger partial charge in [-0.25, -0.2) is 4.98 Å². The van der Waals surface area contributed by atoms with E-state index in [0.717, 1.165) is 16.8 Å². The van der Waals surface area contributed by atoms with Gasteiger partial charge in [0.2, 0.25) is 5.91 Å². The molecule has 0 bridgehead atoms. The van der Waals surface area contributed by atoms with Gasteiger partial charge in [0.15, 0.2) is 5.13 Å². The van der Waals surface area contributed by atoms with Crippen molar-refractivity contribution in [1.29, 1.82) is 0 Å². The van der Waals surface area contributed by atoms with Crippen LogP contribution in [-0.4, -0.2) is 15.2 Å². The Hall–Kier alpha value is -1.10. The molecule has 0 unspecified atom stereocenters. The van der Waals surface area contributed by atoms with E-state index in [1.165, 1.54) is 16.9 Å². The zero-order chi connectivity index (χ0) is 15.2. The minimum Gasteiger partial charge on any atom is -0.302 e. The number of halogens is 2. The summed E-state index contributed by atoms with van der Waals surface area (Å²) in [5.41, 5.74) is 4.30. The lowest BCUT2D eigenvalue weighted by Crippen LogP contribution is -2.16. The molecule has 2 aromatic rings. The second-order valence-electron chi connectivity index (χ2n) is 5.36. The fraction of sp³-hybridized carbons (Fsp3) is 0.333. The van der Waals surface area contributed by atoms with Crippen molar-refractivity contribution in [3.8, 4) is 11.3 Å². The van der Waals surface area contributed by atoms with Crippen LogP contribution in [0.25, 0.3) is 11.3 Å². The number of anilines is 1. The van der Waals surface area contributed by atoms with Gasteiger partial charge in [0, 0.05) is 10.9 Å². The number of carbonyl (C=O) groups is 1. The molecule has 0 aliphatic heterocycles. The highest BCUT2D eigenvalue weighted by Gasteiger charge is 2.56. The first-order valence-electron chi connectivity index (χ1n) is 6.58. The molecule has 110 valence electrons. The number of alkyl halides is 2. The molecule has 1 aliphatic carbocycles. The van der Waals surface area contributed by atoms with Crippen LogP contribution in [0.3, 0.4) is 0 Å². The van der Waals surface area contributed by atoms with Gasteiger partial charge in [-0.05, 0) is 31.9 Å². The van der Waals surface area contributed by atoms with E-state index in [2.05, 4.69) is 28.5 Å². The quantitative estimate of drug-likeness (QED) is 0.832. The van der Waals surface area contributed by atoms with Crippen LogP contribution >= 0.6 is 34.5 Å². The third kappa shape index (κ3) is 3.07. The average molecular weight is 341 g/mol. The van der Waals surface area contributed by atoms with Gasteiger partial charge in [0.1, 0.15) is 4.33 Å². The monoisotopic (exact) mass is 340 g/mol. The SMILES string of the molecule is Cc1ccc(C)c(-c2csc(NC(=O)[C@H]3CC3(Cl)Cl)n2)c1. The predicted molar refractivity (Wildman–Crippen MR) is 88.2 cm³/mol. The largest absolute Gasteiger partial charge is 0.302 e. The van der Waals surface area contributed by atoms with Gasteiger partial charge in [-0.3, -0.25) is 4.79 Å². The van der Waals surface area contributed by atoms with Crippen molar-refractivity contribution < 1.29 is 4.79 Å². The number of rotatable bonds is 3. The molecule has 0 radical (unpaired) electrons. The molecule has 1 amide bonds. The van der Waals surface area contributed by atoms with Gasteiger partial charge in [0.25, 0.3) is 0 Å². The molecule has 1 aliphatic rings. The zero-order valence-corrected chi connectivity index (χ0v) is 13.9. The first-order chi connectivity index (χ1) is 9.87. The summed E-state index contributed by atoms with van der Waals surface area (Å²) in [6.07, 6.45) is 0.497. The van der Waals surface area contributed by atoms with E-state index in [4.69, 9.17) is 23.2 Å². The summed E-state index contributed by atoms with van der Waals surface area (Å²) >= 11 is 13.2. The van der Waals surface area contributed by atoms with E-state index in [1.807, 2.05) is 19.2 Å². The van der Waals surface area contributed by atoms with E-state index in [9.17, 15) is 4.79 Å². The van der Waals surface area contributed by atoms with Crippen LogP contribution in [0.1, 0.15) is 17.5 Å². The summed E-state index contributed by atoms with van der Waals surface area (Å²) in [5, 5.41) is 5.30. The van der Waals surface area contributed by atoms with E-state index in [-0.39, 0.29) is 11.8 Å². The zero-order valence-electron chi connectivity index (χ0n) is 11.6. The van der Waals surface area contributed by atoms with Crippen LogP contribution in [0.2, 0.25) is 0 Å². The van der Waals surface area contributed by atoms with E-state index in [0.29, 0.717) is 11.6 Å². The first-order valence-corrected chi connectivity index (χ1v) is 8.22. The highest BCUT2D eigenvalue weighted by atomic mass is 35.5. The Bertz CT molecular complexity index is 711. The number of carbonyl (C=O) groups excluding carboxylic acids is 1. The van der Waals surface area contributed by atoms with Gasteiger partial charge in [-0.15, -0.1) is 34.5 Å². The highest BCUT2D eigenvalue weighted by molar-refractivity contribution is 7.14. The molecule has 6 heteroatoms. The number of aryl methyl sites for hydroxylation is 2. The normalized spacial score (nSPS) is 19.3. The average Bonchev–Trinajstić information content (AvgIpc) is 2.84. The second kappa shape index (κ2) is 5.27. The van der Waals surface area contributed by atoms with Gasteiger partial charge >= 0.3 is 0 Å². The molecule has 0 spiro atoms. The van der Waals surface area contributed by atoms with Crippen molar-refractivity contribution in [1.82, 2.24) is 4.98 Å². The third-order valence-corrected chi connectivity index (χ3v) is 5.14. The van der Waals surface area contributed by atoms with Gasteiger partial charge in [-0.1, -0.05) is 17.7 Å². The Kier molecular flexibility index (Phi) is 3.72. The van der Waals surface area contributed by atoms with Crippen molar-refractivity contribution >= 4 is 45.6 Å². The van der Waals surface area contributed by atoms with Crippen LogP contribution in [0.4, 0.5) is 5.13 Å². The fourth-order valence-corrected chi connectivity index (χ4v) is 3.38. The first kappa shape index (κ1) is 14.8. The van der Waals surface area contributed by atoms with Crippen molar-refractivity contribution in [2.24, 2.45) is 5.92 Å². The maximum atomic E-state index is 11.9. The van der Waals surface area contributed by atoms with Gasteiger partial charge < -0.3 is 5.32 Å². The maximum absolute atomic E-state index is 11.9. The molecule has 1 atom stereocenters. The Morgan fingerprint density at radius 2 is 2.14 bits per heavy atom. The molecule has 1 aromatic heterocycles. The van der Waals surface area contributed by atoms with Crippen molar-refractivity contribution in [3.63, 3.8) is 0 Å². The molecular weight excluding hydrogens is 327 g/mol. The minimum atomic E-state index is -0.905. The summed E-state index contributed by atoms with van der Waals surface area (Å²) in [6.45, 7) is 4.09. The molecule has 1 fully saturated rings. The van der Waals surface area contributed by atoms with E-state index in [1.54, 1.807) is 0 Å². The molecule has 1 aromatic carbocycles. The van der Waals surface area contributed by atoms with Crippen LogP contribution in [0.5, 0.6) is 0 Å². The van der Waals surface area contributed by atoms with E-state index >= 15 is 0 Å². The Balaban J connectivity index is 1.78. The summed E-state index contributed by atoms with van der Waals surface area (Å²) in [4.78, 5) is 16.4. The molecule has 1 saturated carbocycles. The summed E-state index contributed by atoms with van der Waals surface area (Å²) in [7, 11) is 0. The summed E-state index contributed by atoms with van der Waals surface area (Å²) in [5.74, 6) is -0.504. The van der Waals surface area contributed by atoms with Crippen molar-refractivity contribution in [3.05, 3.63) is 34.7 Å². The number of thiazole rings is 1. The Morgan fingerprint density at radius 1 is 1.43 bits per heavy atom. The lowest BCUT2D eigenvalue weighted by molar-refractivity contribution is -0.117. The molecule has 1 N–H and O–H groups in total. The molecule has 3 nitrogen and oxygen atoms in total. The van der Waals surface area contributed by atoms with Gasteiger partial charge in [-0.2, -0.15) is 0 Å². The topological polar surface area (TPSA) is 42.0 Å². The van der Waals surface area contributed by atoms with Crippen molar-refractivity contribution in [2.45, 2.75) is 24.6 Å². The van der Waals surface area contributed by atoms with Crippen LogP contribution in [0, 0.1) is 19.8 Å². The smallest absolute Gasteiger partial charge is 0.232 e. The van der Waals surface area contributed by atoms with Crippen LogP contribution in [0.15, 0.2) is 23.6 Å². The molecule has 0 saturated heterocycles. The third-order valence-electron chi connectivity index (χ3n) is 3.55. The predicted octanol–water partition coefficient (Wildman–Crippen LogP) is 4.56. The Labute approximate surface area is 137 Å². The number of hydrogen-bond acceptors (Lipinski definition) is 3. The molecule has 1 heterocycles. The van der Waals surface area contributed by atoms with Crippen LogP contribution < -0.4 is 5.32 Å². The van der Waals surface area contributed by atoms with Gasteiger partial charge in [0.05, 0.1) is 11.6 Å². The van der Waals surface area contributed by atoms with Crippen molar-refractivity contribution in [2.75, 3.05) is 5.32 Å². The van der Waals surface area contributed by atoms with E-state index < -0.39 is 4.33 Å². The number of nitrogens with one attached hydrogen (secondary N) is 1. The minimum absolute atomic E-state index is 0.165. The molecular formula is C15H14Cl2N2OS. The summed E-state index contributed by atoms with van der Waals surface area (Å²) < 4.78 is -0.905. The number of hydrogen-bond donors (Lipinski definition) is 1. The summed E-state index contributed by atoms with van der Waals surface area (Å²) in [6, 6.07) is 6.24. The fourth-order valence-electron chi connectivity index (χ4n) is 2.16. The molecule has 21 heavy (non-hydrogen) atoms. The highest BCUT2D eigenvalue weighted by Crippen LogP contribution is 2.53. The van der Waals surface area contributed by atoms with Crippen LogP contribution in [-0.2, 0) is 4.79 Å². The standard InChI is InChI=1S/C15H14Cl2N2OS/c1-8-3-4-9(2)10(5-8)12-7-21-14(18-12)19-13(20)11-6-15(11,16)17/h3-5,7,11H,6H2,1-2H3,(H,18,19,20)/t11-/m1/s1.